The minimum atomic E-state index is -1.26. The molecule has 2 N–H and O–H groups in total. The monoisotopic (exact) mass is 250 g/mol. The third-order valence-corrected chi connectivity index (χ3v) is 3.27. The fourth-order valence-electron chi connectivity index (χ4n) is 1.33. The van der Waals surface area contributed by atoms with Gasteiger partial charge in [-0.3, -0.25) is 4.79 Å². The molecule has 1 aromatic rings. The Balaban J connectivity index is 2.95. The maximum Gasteiger partial charge on any atom is 0.492 e. The number of aldehydes is 1. The Labute approximate surface area is 108 Å². The zero-order chi connectivity index (χ0) is 14.0. The molecule has 0 saturated carbocycles. The summed E-state index contributed by atoms with van der Waals surface area (Å²) in [6, 6.07) is 6.65. The molecular weight excluding hydrogens is 231 g/mol. The third-order valence-electron chi connectivity index (χ3n) is 3.27. The Morgan fingerprint density at radius 1 is 1.22 bits per heavy atom. The number of hydrogen-bond donors (Lipinski definition) is 2. The first-order valence-corrected chi connectivity index (χ1v) is 5.81. The summed E-state index contributed by atoms with van der Waals surface area (Å²) in [6.07, 6.45) is 0.666. The van der Waals surface area contributed by atoms with Crippen LogP contribution in [0.4, 0.5) is 0 Å². The summed E-state index contributed by atoms with van der Waals surface area (Å²) in [7, 11) is -1.26. The van der Waals surface area contributed by atoms with Gasteiger partial charge in [0.2, 0.25) is 0 Å². The van der Waals surface area contributed by atoms with Gasteiger partial charge < -0.3 is 14.8 Å². The summed E-state index contributed by atoms with van der Waals surface area (Å²) >= 11 is 0. The van der Waals surface area contributed by atoms with Crippen molar-refractivity contribution < 1.29 is 19.6 Å². The van der Waals surface area contributed by atoms with Crippen molar-refractivity contribution in [2.24, 2.45) is 0 Å². The van der Waals surface area contributed by atoms with Crippen molar-refractivity contribution in [3.8, 4) is 0 Å². The van der Waals surface area contributed by atoms with E-state index in [1.165, 1.54) is 0 Å². The minimum Gasteiger partial charge on any atom is -0.423 e. The summed E-state index contributed by atoms with van der Waals surface area (Å²) in [5, 5.41) is 20.0. The normalized spacial score (nSPS) is 12.3. The smallest absolute Gasteiger partial charge is 0.423 e. The molecule has 0 saturated heterocycles. The van der Waals surface area contributed by atoms with Gasteiger partial charge in [0, 0.05) is 5.56 Å². The molecule has 0 radical (unpaired) electrons. The first-order valence-electron chi connectivity index (χ1n) is 5.81. The van der Waals surface area contributed by atoms with E-state index in [-0.39, 0.29) is 0 Å². The van der Waals surface area contributed by atoms with Crippen LogP contribution in [0.1, 0.15) is 38.1 Å². The number of aliphatic hydroxyl groups is 1. The Morgan fingerprint density at radius 3 is 2.28 bits per heavy atom. The highest BCUT2D eigenvalue weighted by Crippen LogP contribution is 2.25. The molecule has 0 aliphatic heterocycles. The third kappa shape index (κ3) is 3.19. The Bertz CT molecular complexity index is 423. The average molecular weight is 250 g/mol. The zero-order valence-electron chi connectivity index (χ0n) is 11.2. The van der Waals surface area contributed by atoms with Crippen molar-refractivity contribution in [2.75, 3.05) is 0 Å². The lowest BCUT2D eigenvalue weighted by atomic mass is 9.74. The molecule has 0 fully saturated rings. The Kier molecular flexibility index (Phi) is 4.32. The first-order chi connectivity index (χ1) is 8.19. The predicted octanol–water partition coefficient (Wildman–Crippen LogP) is 0.753. The zero-order valence-corrected chi connectivity index (χ0v) is 11.2. The molecule has 1 rings (SSSR count). The molecule has 0 bridgehead atoms. The van der Waals surface area contributed by atoms with Crippen LogP contribution in [-0.4, -0.2) is 34.7 Å². The van der Waals surface area contributed by atoms with Crippen molar-refractivity contribution in [1.82, 2.24) is 0 Å². The molecule has 0 amide bonds. The van der Waals surface area contributed by atoms with E-state index in [9.17, 15) is 14.9 Å². The summed E-state index contributed by atoms with van der Waals surface area (Å²) in [5.41, 5.74) is -1.31. The maximum atomic E-state index is 10.9. The summed E-state index contributed by atoms with van der Waals surface area (Å²) < 4.78 is 5.48. The second-order valence-electron chi connectivity index (χ2n) is 5.29. The summed E-state index contributed by atoms with van der Waals surface area (Å²) in [5.74, 6) is 0. The number of rotatable bonds is 5. The van der Waals surface area contributed by atoms with Crippen molar-refractivity contribution in [3.05, 3.63) is 29.8 Å². The van der Waals surface area contributed by atoms with Crippen LogP contribution in [0.25, 0.3) is 0 Å². The van der Waals surface area contributed by atoms with Crippen LogP contribution in [0.3, 0.4) is 0 Å². The molecule has 0 aromatic heterocycles. The van der Waals surface area contributed by atoms with Crippen molar-refractivity contribution in [2.45, 2.75) is 38.9 Å². The Hall–Kier alpha value is -1.17. The van der Waals surface area contributed by atoms with Gasteiger partial charge in [-0.2, -0.15) is 0 Å². The Morgan fingerprint density at radius 2 is 1.78 bits per heavy atom. The first kappa shape index (κ1) is 14.9. The predicted molar refractivity (Wildman–Crippen MR) is 70.9 cm³/mol. The lowest BCUT2D eigenvalue weighted by Gasteiger charge is -2.38. The van der Waals surface area contributed by atoms with Crippen molar-refractivity contribution in [3.63, 3.8) is 0 Å². The van der Waals surface area contributed by atoms with Crippen LogP contribution in [0.2, 0.25) is 0 Å². The molecule has 4 nitrogen and oxygen atoms in total. The van der Waals surface area contributed by atoms with E-state index in [2.05, 4.69) is 0 Å². The number of benzene rings is 1. The van der Waals surface area contributed by atoms with Crippen molar-refractivity contribution in [1.29, 1.82) is 0 Å². The fraction of sp³-hybridized carbons (Fsp3) is 0.462. The highest BCUT2D eigenvalue weighted by molar-refractivity contribution is 6.61. The van der Waals surface area contributed by atoms with Crippen LogP contribution < -0.4 is 5.46 Å². The number of carbonyl (C=O) groups is 1. The molecule has 18 heavy (non-hydrogen) atoms. The highest BCUT2D eigenvalue weighted by atomic mass is 16.5. The number of carbonyl (C=O) groups excluding carboxylic acids is 1. The SMILES string of the molecule is CC(C)(O)C(C)(C)OB(O)c1ccccc1C=O. The molecule has 98 valence electrons. The van der Waals surface area contributed by atoms with E-state index in [1.807, 2.05) is 0 Å². The van der Waals surface area contributed by atoms with Gasteiger partial charge in [0.15, 0.2) is 0 Å². The summed E-state index contributed by atoms with van der Waals surface area (Å²) in [6.45, 7) is 6.57. The quantitative estimate of drug-likeness (QED) is 0.597. The van der Waals surface area contributed by atoms with Gasteiger partial charge in [-0.15, -0.1) is 0 Å². The van der Waals surface area contributed by atoms with E-state index >= 15 is 0 Å². The van der Waals surface area contributed by atoms with Crippen LogP contribution in [0.5, 0.6) is 0 Å². The number of hydrogen-bond acceptors (Lipinski definition) is 4. The fourth-order valence-corrected chi connectivity index (χ4v) is 1.33. The molecule has 0 aliphatic rings. The molecule has 0 atom stereocenters. The molecule has 0 unspecified atom stereocenters. The van der Waals surface area contributed by atoms with Crippen LogP contribution in [0, 0.1) is 0 Å². The second-order valence-corrected chi connectivity index (χ2v) is 5.29. The van der Waals surface area contributed by atoms with Crippen molar-refractivity contribution >= 4 is 18.9 Å². The topological polar surface area (TPSA) is 66.8 Å². The minimum absolute atomic E-state index is 0.372. The largest absolute Gasteiger partial charge is 0.492 e. The molecule has 1 aromatic carbocycles. The molecular formula is C13H19BO4. The van der Waals surface area contributed by atoms with Gasteiger partial charge in [-0.05, 0) is 33.2 Å². The van der Waals surface area contributed by atoms with Gasteiger partial charge in [-0.1, -0.05) is 24.3 Å². The van der Waals surface area contributed by atoms with Gasteiger partial charge >= 0.3 is 7.12 Å². The lowest BCUT2D eigenvalue weighted by Crippen LogP contribution is -2.53. The van der Waals surface area contributed by atoms with Gasteiger partial charge in [0.25, 0.3) is 0 Å². The van der Waals surface area contributed by atoms with E-state index in [4.69, 9.17) is 4.65 Å². The van der Waals surface area contributed by atoms with E-state index in [0.29, 0.717) is 17.3 Å². The molecule has 0 aliphatic carbocycles. The average Bonchev–Trinajstić information content (AvgIpc) is 2.26. The second kappa shape index (κ2) is 5.22. The van der Waals surface area contributed by atoms with Gasteiger partial charge in [0.1, 0.15) is 6.29 Å². The summed E-state index contributed by atoms with van der Waals surface area (Å²) in [4.78, 5) is 10.9. The van der Waals surface area contributed by atoms with Gasteiger partial charge in [-0.25, -0.2) is 0 Å². The van der Waals surface area contributed by atoms with Gasteiger partial charge in [0.05, 0.1) is 11.2 Å². The van der Waals surface area contributed by atoms with Crippen LogP contribution >= 0.6 is 0 Å². The maximum absolute atomic E-state index is 10.9. The van der Waals surface area contributed by atoms with E-state index < -0.39 is 18.3 Å². The van der Waals surface area contributed by atoms with Crippen LogP contribution in [-0.2, 0) is 4.65 Å². The molecule has 0 heterocycles. The van der Waals surface area contributed by atoms with Crippen LogP contribution in [0.15, 0.2) is 24.3 Å². The van der Waals surface area contributed by atoms with E-state index in [1.54, 1.807) is 52.0 Å². The molecule has 5 heteroatoms. The molecule has 0 spiro atoms. The van der Waals surface area contributed by atoms with E-state index in [0.717, 1.165) is 0 Å². The standard InChI is InChI=1S/C13H19BO4/c1-12(2,16)13(3,4)18-14(17)11-8-6-5-7-10(11)9-15/h5-9,16-17H,1-4H3. The highest BCUT2D eigenvalue weighted by Gasteiger charge is 2.39. The lowest BCUT2D eigenvalue weighted by molar-refractivity contribution is -0.0982.